The van der Waals surface area contributed by atoms with E-state index >= 15 is 0 Å². The van der Waals surface area contributed by atoms with Crippen molar-refractivity contribution >= 4 is 0 Å². The molecule has 0 amide bonds. The highest BCUT2D eigenvalue weighted by molar-refractivity contribution is 5.61. The maximum Gasteiger partial charge on any atom is 0.141 e. The number of nitrogens with one attached hydrogen (secondary N) is 1. The number of benzene rings is 1. The van der Waals surface area contributed by atoms with Crippen LogP contribution in [0.4, 0.5) is 4.39 Å². The van der Waals surface area contributed by atoms with Gasteiger partial charge in [0.1, 0.15) is 11.6 Å². The van der Waals surface area contributed by atoms with Crippen molar-refractivity contribution < 1.29 is 4.39 Å². The van der Waals surface area contributed by atoms with Gasteiger partial charge in [-0.25, -0.2) is 14.4 Å². The second-order valence-corrected chi connectivity index (χ2v) is 3.65. The Hall–Kier alpha value is -1.81. The molecule has 1 aromatic carbocycles. The van der Waals surface area contributed by atoms with Crippen molar-refractivity contribution in [2.75, 3.05) is 6.54 Å². The summed E-state index contributed by atoms with van der Waals surface area (Å²) in [7, 11) is 0. The number of aromatic nitrogens is 2. The molecular weight excluding hydrogens is 217 g/mol. The quantitative estimate of drug-likeness (QED) is 0.878. The van der Waals surface area contributed by atoms with Gasteiger partial charge in [-0.15, -0.1) is 0 Å². The molecule has 0 unspecified atom stereocenters. The standard InChI is InChI=1S/C13H14FN3/c1-2-15-9-13-16-7-10(8-17-13)11-5-3-4-6-12(11)14/h3-8,15H,2,9H2,1H3. The van der Waals surface area contributed by atoms with Gasteiger partial charge in [0, 0.05) is 23.5 Å². The minimum Gasteiger partial charge on any atom is -0.310 e. The first kappa shape index (κ1) is 11.7. The zero-order valence-corrected chi connectivity index (χ0v) is 9.65. The molecule has 0 spiro atoms. The lowest BCUT2D eigenvalue weighted by Gasteiger charge is -2.04. The lowest BCUT2D eigenvalue weighted by atomic mass is 10.1. The highest BCUT2D eigenvalue weighted by Crippen LogP contribution is 2.20. The van der Waals surface area contributed by atoms with Crippen LogP contribution in [0.25, 0.3) is 11.1 Å². The largest absolute Gasteiger partial charge is 0.310 e. The Labute approximate surface area is 99.7 Å². The monoisotopic (exact) mass is 231 g/mol. The molecule has 17 heavy (non-hydrogen) atoms. The number of nitrogens with zero attached hydrogens (tertiary/aromatic N) is 2. The van der Waals surface area contributed by atoms with Gasteiger partial charge in [-0.3, -0.25) is 0 Å². The number of hydrogen-bond acceptors (Lipinski definition) is 3. The predicted molar refractivity (Wildman–Crippen MR) is 64.8 cm³/mol. The Balaban J connectivity index is 2.21. The van der Waals surface area contributed by atoms with Crippen LogP contribution in [0.1, 0.15) is 12.7 Å². The molecule has 0 saturated heterocycles. The summed E-state index contributed by atoms with van der Waals surface area (Å²) in [6.07, 6.45) is 3.30. The molecular formula is C13H14FN3. The van der Waals surface area contributed by atoms with Gasteiger partial charge in [0.15, 0.2) is 0 Å². The zero-order chi connectivity index (χ0) is 12.1. The Bertz CT molecular complexity index is 482. The summed E-state index contributed by atoms with van der Waals surface area (Å²) >= 11 is 0. The maximum absolute atomic E-state index is 13.5. The van der Waals surface area contributed by atoms with Crippen LogP contribution >= 0.6 is 0 Å². The Morgan fingerprint density at radius 3 is 2.53 bits per heavy atom. The van der Waals surface area contributed by atoms with Crippen LogP contribution in [0.3, 0.4) is 0 Å². The van der Waals surface area contributed by atoms with Crippen molar-refractivity contribution in [3.05, 3.63) is 48.3 Å². The fourth-order valence-corrected chi connectivity index (χ4v) is 1.52. The summed E-state index contributed by atoms with van der Waals surface area (Å²) in [5.74, 6) is 0.461. The summed E-state index contributed by atoms with van der Waals surface area (Å²) in [6, 6.07) is 6.62. The number of halogens is 1. The molecule has 0 aliphatic rings. The average Bonchev–Trinajstić information content (AvgIpc) is 2.38. The van der Waals surface area contributed by atoms with Crippen molar-refractivity contribution in [3.63, 3.8) is 0 Å². The van der Waals surface area contributed by atoms with Gasteiger partial charge < -0.3 is 5.32 Å². The van der Waals surface area contributed by atoms with E-state index in [1.165, 1.54) is 6.07 Å². The first-order valence-corrected chi connectivity index (χ1v) is 5.58. The van der Waals surface area contributed by atoms with E-state index in [0.29, 0.717) is 23.5 Å². The van der Waals surface area contributed by atoms with Crippen molar-refractivity contribution in [1.29, 1.82) is 0 Å². The topological polar surface area (TPSA) is 37.8 Å². The second kappa shape index (κ2) is 5.50. The van der Waals surface area contributed by atoms with Crippen LogP contribution in [0.5, 0.6) is 0 Å². The Kier molecular flexibility index (Phi) is 3.77. The summed E-state index contributed by atoms with van der Waals surface area (Å²) in [4.78, 5) is 8.39. The fraction of sp³-hybridized carbons (Fsp3) is 0.231. The maximum atomic E-state index is 13.5. The second-order valence-electron chi connectivity index (χ2n) is 3.65. The molecule has 1 N–H and O–H groups in total. The highest BCUT2D eigenvalue weighted by Gasteiger charge is 2.04. The number of rotatable bonds is 4. The molecule has 0 saturated carbocycles. The van der Waals surface area contributed by atoms with Gasteiger partial charge in [0.05, 0.1) is 6.54 Å². The average molecular weight is 231 g/mol. The Morgan fingerprint density at radius 2 is 1.88 bits per heavy atom. The molecule has 1 heterocycles. The van der Waals surface area contributed by atoms with Crippen LogP contribution in [-0.4, -0.2) is 16.5 Å². The minimum absolute atomic E-state index is 0.254. The van der Waals surface area contributed by atoms with Crippen LogP contribution in [0, 0.1) is 5.82 Å². The Morgan fingerprint density at radius 1 is 1.18 bits per heavy atom. The van der Waals surface area contributed by atoms with Crippen LogP contribution in [-0.2, 0) is 6.54 Å². The van der Waals surface area contributed by atoms with E-state index in [2.05, 4.69) is 15.3 Å². The van der Waals surface area contributed by atoms with Gasteiger partial charge >= 0.3 is 0 Å². The molecule has 0 atom stereocenters. The smallest absolute Gasteiger partial charge is 0.141 e. The third-order valence-electron chi connectivity index (χ3n) is 2.42. The normalized spacial score (nSPS) is 10.5. The molecule has 0 aliphatic heterocycles. The van der Waals surface area contributed by atoms with Crippen LogP contribution in [0.2, 0.25) is 0 Å². The molecule has 0 aliphatic carbocycles. The summed E-state index contributed by atoms with van der Waals surface area (Å²) in [5.41, 5.74) is 1.23. The van der Waals surface area contributed by atoms with Crippen LogP contribution in [0.15, 0.2) is 36.7 Å². The SMILES string of the molecule is CCNCc1ncc(-c2ccccc2F)cn1. The molecule has 88 valence electrons. The minimum atomic E-state index is -0.254. The van der Waals surface area contributed by atoms with Gasteiger partial charge in [-0.2, -0.15) is 0 Å². The third kappa shape index (κ3) is 2.85. The zero-order valence-electron chi connectivity index (χ0n) is 9.65. The molecule has 3 nitrogen and oxygen atoms in total. The molecule has 2 aromatic rings. The van der Waals surface area contributed by atoms with E-state index in [9.17, 15) is 4.39 Å². The van der Waals surface area contributed by atoms with E-state index < -0.39 is 0 Å². The summed E-state index contributed by atoms with van der Waals surface area (Å²) in [6.45, 7) is 3.53. The fourth-order valence-electron chi connectivity index (χ4n) is 1.52. The van der Waals surface area contributed by atoms with Crippen molar-refractivity contribution in [2.24, 2.45) is 0 Å². The van der Waals surface area contributed by atoms with E-state index in [-0.39, 0.29) is 5.82 Å². The van der Waals surface area contributed by atoms with Gasteiger partial charge in [0.25, 0.3) is 0 Å². The highest BCUT2D eigenvalue weighted by atomic mass is 19.1. The molecule has 0 bridgehead atoms. The lowest BCUT2D eigenvalue weighted by Crippen LogP contribution is -2.14. The lowest BCUT2D eigenvalue weighted by molar-refractivity contribution is 0.631. The first-order chi connectivity index (χ1) is 8.31. The first-order valence-electron chi connectivity index (χ1n) is 5.58. The van der Waals surface area contributed by atoms with Gasteiger partial charge in [-0.05, 0) is 12.6 Å². The van der Waals surface area contributed by atoms with E-state index in [1.807, 2.05) is 6.92 Å². The van der Waals surface area contributed by atoms with Crippen molar-refractivity contribution in [2.45, 2.75) is 13.5 Å². The van der Waals surface area contributed by atoms with Crippen LogP contribution < -0.4 is 5.32 Å². The molecule has 0 fully saturated rings. The molecule has 4 heteroatoms. The van der Waals surface area contributed by atoms with Crippen molar-refractivity contribution in [3.8, 4) is 11.1 Å². The van der Waals surface area contributed by atoms with Gasteiger partial charge in [-0.1, -0.05) is 25.1 Å². The molecule has 0 radical (unpaired) electrons. The molecule has 1 aromatic heterocycles. The summed E-state index contributed by atoms with van der Waals surface area (Å²) in [5, 5.41) is 3.14. The van der Waals surface area contributed by atoms with Crippen molar-refractivity contribution in [1.82, 2.24) is 15.3 Å². The third-order valence-corrected chi connectivity index (χ3v) is 2.42. The van der Waals surface area contributed by atoms with Gasteiger partial charge in [0.2, 0.25) is 0 Å². The molecule has 2 rings (SSSR count). The predicted octanol–water partition coefficient (Wildman–Crippen LogP) is 2.39. The number of hydrogen-bond donors (Lipinski definition) is 1. The van der Waals surface area contributed by atoms with E-state index in [1.54, 1.807) is 30.6 Å². The van der Waals surface area contributed by atoms with E-state index in [0.717, 1.165) is 6.54 Å². The van der Waals surface area contributed by atoms with E-state index in [4.69, 9.17) is 0 Å². The summed E-state index contributed by atoms with van der Waals surface area (Å²) < 4.78 is 13.5.